The number of carboxylic acids is 1. The van der Waals surface area contributed by atoms with E-state index in [1.807, 2.05) is 38.1 Å². The largest absolute Gasteiger partial charge is 0.490 e. The summed E-state index contributed by atoms with van der Waals surface area (Å²) in [5, 5.41) is 23.0. The molecular formula is C26H30N2O4. The maximum atomic E-state index is 11.5. The molecule has 1 heterocycles. The average Bonchev–Trinajstić information content (AvgIpc) is 2.78. The Hall–Kier alpha value is -3.22. The Morgan fingerprint density at radius 2 is 1.78 bits per heavy atom. The van der Waals surface area contributed by atoms with Gasteiger partial charge in [0.15, 0.2) is 0 Å². The van der Waals surface area contributed by atoms with Gasteiger partial charge >= 0.3 is 5.97 Å². The lowest BCUT2D eigenvalue weighted by atomic mass is 9.99. The summed E-state index contributed by atoms with van der Waals surface area (Å²) in [4.78, 5) is 15.5. The van der Waals surface area contributed by atoms with E-state index in [9.17, 15) is 15.0 Å². The van der Waals surface area contributed by atoms with Crippen molar-refractivity contribution in [3.8, 4) is 16.9 Å². The summed E-state index contributed by atoms with van der Waals surface area (Å²) in [5.74, 6) is -0.628. The molecule has 0 radical (unpaired) electrons. The maximum Gasteiger partial charge on any atom is 0.339 e. The van der Waals surface area contributed by atoms with E-state index in [0.29, 0.717) is 12.3 Å². The summed E-state index contributed by atoms with van der Waals surface area (Å²) in [7, 11) is 0. The van der Waals surface area contributed by atoms with Gasteiger partial charge in [0, 0.05) is 30.5 Å². The summed E-state index contributed by atoms with van der Waals surface area (Å²) >= 11 is 0. The van der Waals surface area contributed by atoms with Gasteiger partial charge in [0.05, 0.1) is 12.2 Å². The van der Waals surface area contributed by atoms with E-state index in [-0.39, 0.29) is 17.7 Å². The Balaban J connectivity index is 1.62. The van der Waals surface area contributed by atoms with Crippen LogP contribution in [0.15, 0.2) is 67.0 Å². The predicted octanol–water partition coefficient (Wildman–Crippen LogP) is 4.49. The number of carboxylic acid groups (broad SMARTS) is 1. The van der Waals surface area contributed by atoms with Crippen molar-refractivity contribution in [3.05, 3.63) is 83.7 Å². The van der Waals surface area contributed by atoms with Crippen molar-refractivity contribution in [2.24, 2.45) is 0 Å². The summed E-state index contributed by atoms with van der Waals surface area (Å²) in [5.41, 5.74) is 4.03. The molecule has 2 aromatic carbocycles. The number of benzene rings is 2. The zero-order chi connectivity index (χ0) is 23.1. The third-order valence-corrected chi connectivity index (χ3v) is 5.13. The van der Waals surface area contributed by atoms with Gasteiger partial charge in [0.25, 0.3) is 0 Å². The first-order chi connectivity index (χ1) is 15.3. The van der Waals surface area contributed by atoms with Crippen LogP contribution in [0, 0.1) is 0 Å². The highest BCUT2D eigenvalue weighted by molar-refractivity contribution is 5.92. The number of aliphatic hydroxyl groups excluding tert-OH is 1. The minimum absolute atomic E-state index is 0.114. The number of hydrogen-bond donors (Lipinski definition) is 3. The Morgan fingerprint density at radius 3 is 2.41 bits per heavy atom. The molecule has 0 aliphatic heterocycles. The summed E-state index contributed by atoms with van der Waals surface area (Å²) < 4.78 is 5.71. The monoisotopic (exact) mass is 434 g/mol. The smallest absolute Gasteiger partial charge is 0.339 e. The van der Waals surface area contributed by atoms with Gasteiger partial charge in [-0.15, -0.1) is 0 Å². The van der Waals surface area contributed by atoms with Crippen LogP contribution in [0.4, 0.5) is 0 Å². The third kappa shape index (κ3) is 6.39. The fraction of sp³-hybridized carbons (Fsp3) is 0.308. The first-order valence-electron chi connectivity index (χ1n) is 10.8. The van der Waals surface area contributed by atoms with Gasteiger partial charge in [-0.25, -0.2) is 4.79 Å². The van der Waals surface area contributed by atoms with E-state index in [1.54, 1.807) is 30.6 Å². The average molecular weight is 435 g/mol. The van der Waals surface area contributed by atoms with Crippen molar-refractivity contribution in [2.75, 3.05) is 6.54 Å². The van der Waals surface area contributed by atoms with Crippen LogP contribution in [0.5, 0.6) is 5.75 Å². The number of nitrogens with one attached hydrogen (secondary N) is 1. The number of nitrogens with zero attached hydrogens (tertiary/aromatic N) is 1. The van der Waals surface area contributed by atoms with Crippen LogP contribution in [-0.2, 0) is 6.42 Å². The number of rotatable bonds is 10. The highest BCUT2D eigenvalue weighted by Gasteiger charge is 2.14. The number of hydrogen-bond acceptors (Lipinski definition) is 5. The number of ether oxygens (including phenoxy) is 1. The molecule has 3 aromatic rings. The fourth-order valence-electron chi connectivity index (χ4n) is 3.49. The van der Waals surface area contributed by atoms with Gasteiger partial charge in [0.2, 0.25) is 0 Å². The summed E-state index contributed by atoms with van der Waals surface area (Å²) in [6, 6.07) is 17.2. The Kier molecular flexibility index (Phi) is 7.98. The molecule has 0 spiro atoms. The highest BCUT2D eigenvalue weighted by Crippen LogP contribution is 2.28. The molecule has 0 aliphatic carbocycles. The van der Waals surface area contributed by atoms with E-state index in [1.165, 1.54) is 5.56 Å². The van der Waals surface area contributed by atoms with Gasteiger partial charge in [0.1, 0.15) is 11.3 Å². The molecule has 0 aliphatic rings. The first kappa shape index (κ1) is 23.4. The van der Waals surface area contributed by atoms with Crippen molar-refractivity contribution in [1.82, 2.24) is 10.3 Å². The standard InChI is InChI=1S/C26H30N2O4/c1-17(2)32-25-14-21(10-11-23(25)26(30)31)20-8-6-19(7-9-20)13-18(3)28-16-24(29)22-5-4-12-27-15-22/h4-12,14-15,17-18,24,28-29H,13,16H2,1-3H3,(H,30,31)/t18-,24+/m1/s1. The van der Waals surface area contributed by atoms with Gasteiger partial charge in [-0.2, -0.15) is 0 Å². The SMILES string of the molecule is CC(C)Oc1cc(-c2ccc(C[C@@H](C)NC[C@H](O)c3cccnc3)cc2)ccc1C(=O)O. The van der Waals surface area contributed by atoms with Crippen molar-refractivity contribution in [2.45, 2.75) is 45.4 Å². The summed E-state index contributed by atoms with van der Waals surface area (Å²) in [6.07, 6.45) is 3.48. The molecule has 3 rings (SSSR count). The quantitative estimate of drug-likeness (QED) is 0.436. The molecule has 2 atom stereocenters. The molecular weight excluding hydrogens is 404 g/mol. The second-order valence-electron chi connectivity index (χ2n) is 8.20. The lowest BCUT2D eigenvalue weighted by molar-refractivity contribution is 0.0690. The van der Waals surface area contributed by atoms with E-state index < -0.39 is 12.1 Å². The summed E-state index contributed by atoms with van der Waals surface area (Å²) in [6.45, 7) is 6.29. The van der Waals surface area contributed by atoms with E-state index in [2.05, 4.69) is 29.4 Å². The van der Waals surface area contributed by atoms with Crippen LogP contribution in [0.2, 0.25) is 0 Å². The van der Waals surface area contributed by atoms with Crippen molar-refractivity contribution in [1.29, 1.82) is 0 Å². The first-order valence-corrected chi connectivity index (χ1v) is 10.8. The normalized spacial score (nSPS) is 13.0. The van der Waals surface area contributed by atoms with E-state index >= 15 is 0 Å². The van der Waals surface area contributed by atoms with Crippen LogP contribution >= 0.6 is 0 Å². The van der Waals surface area contributed by atoms with E-state index in [4.69, 9.17) is 4.74 Å². The minimum atomic E-state index is -1.00. The van der Waals surface area contributed by atoms with E-state index in [0.717, 1.165) is 23.1 Å². The second-order valence-corrected chi connectivity index (χ2v) is 8.20. The van der Waals surface area contributed by atoms with Crippen molar-refractivity contribution >= 4 is 5.97 Å². The number of aromatic nitrogens is 1. The van der Waals surface area contributed by atoms with Crippen LogP contribution < -0.4 is 10.1 Å². The van der Waals surface area contributed by atoms with Crippen LogP contribution in [0.25, 0.3) is 11.1 Å². The lowest BCUT2D eigenvalue weighted by Gasteiger charge is -2.17. The van der Waals surface area contributed by atoms with Crippen LogP contribution in [0.3, 0.4) is 0 Å². The molecule has 0 saturated heterocycles. The molecule has 6 heteroatoms. The number of carbonyl (C=O) groups is 1. The Morgan fingerprint density at radius 1 is 1.06 bits per heavy atom. The molecule has 0 unspecified atom stereocenters. The predicted molar refractivity (Wildman–Crippen MR) is 125 cm³/mol. The molecule has 6 nitrogen and oxygen atoms in total. The van der Waals surface area contributed by atoms with Crippen molar-refractivity contribution in [3.63, 3.8) is 0 Å². The molecule has 168 valence electrons. The number of aromatic carboxylic acids is 1. The molecule has 0 fully saturated rings. The molecule has 0 bridgehead atoms. The van der Waals surface area contributed by atoms with Gasteiger partial charge < -0.3 is 20.3 Å². The molecule has 1 aromatic heterocycles. The van der Waals surface area contributed by atoms with Crippen molar-refractivity contribution < 1.29 is 19.7 Å². The van der Waals surface area contributed by atoms with Gasteiger partial charge in [-0.1, -0.05) is 36.4 Å². The third-order valence-electron chi connectivity index (χ3n) is 5.13. The minimum Gasteiger partial charge on any atom is -0.490 e. The van der Waals surface area contributed by atoms with Gasteiger partial charge in [-0.3, -0.25) is 4.98 Å². The molecule has 0 amide bonds. The fourth-order valence-corrected chi connectivity index (χ4v) is 3.49. The Bertz CT molecular complexity index is 1020. The van der Waals surface area contributed by atoms with Gasteiger partial charge in [-0.05, 0) is 62.1 Å². The lowest BCUT2D eigenvalue weighted by Crippen LogP contribution is -2.32. The van der Waals surface area contributed by atoms with Crippen LogP contribution in [-0.4, -0.2) is 39.9 Å². The molecule has 3 N–H and O–H groups in total. The Labute approximate surface area is 188 Å². The highest BCUT2D eigenvalue weighted by atomic mass is 16.5. The topological polar surface area (TPSA) is 91.7 Å². The number of aliphatic hydroxyl groups is 1. The van der Waals surface area contributed by atoms with Crippen LogP contribution in [0.1, 0.15) is 48.4 Å². The number of pyridine rings is 1. The molecule has 32 heavy (non-hydrogen) atoms. The molecule has 0 saturated carbocycles. The second kappa shape index (κ2) is 10.9. The maximum absolute atomic E-state index is 11.5. The zero-order valence-corrected chi connectivity index (χ0v) is 18.7. The zero-order valence-electron chi connectivity index (χ0n) is 18.7.